The average molecular weight is 256 g/mol. The van der Waals surface area contributed by atoms with Gasteiger partial charge in [0.15, 0.2) is 0 Å². The Kier molecular flexibility index (Phi) is 3.23. The fourth-order valence-electron chi connectivity index (χ4n) is 1.45. The van der Waals surface area contributed by atoms with E-state index in [9.17, 15) is 9.59 Å². The van der Waals surface area contributed by atoms with Gasteiger partial charge < -0.3 is 15.8 Å². The second-order valence-electron chi connectivity index (χ2n) is 3.39. The van der Waals surface area contributed by atoms with Crippen molar-refractivity contribution in [3.63, 3.8) is 0 Å². The molecule has 0 amide bonds. The van der Waals surface area contributed by atoms with Crippen LogP contribution in [0.25, 0.3) is 0 Å². The van der Waals surface area contributed by atoms with E-state index >= 15 is 0 Å². The number of carbonyl (C=O) groups is 1. The van der Waals surface area contributed by atoms with Gasteiger partial charge in [-0.3, -0.25) is 9.78 Å². The number of H-pyrrole nitrogens is 1. The molecule has 0 saturated heterocycles. The largest absolute Gasteiger partial charge is 0.464 e. The zero-order valence-corrected chi connectivity index (χ0v) is 9.97. The summed E-state index contributed by atoms with van der Waals surface area (Å²) in [7, 11) is 0. The molecule has 0 aromatic carbocycles. The first-order valence-electron chi connectivity index (χ1n) is 5.07. The Bertz CT molecular complexity index is 502. The van der Waals surface area contributed by atoms with Crippen molar-refractivity contribution in [2.24, 2.45) is 0 Å². The lowest BCUT2D eigenvalue weighted by Crippen LogP contribution is -2.38. The summed E-state index contributed by atoms with van der Waals surface area (Å²) in [6.07, 6.45) is 0. The van der Waals surface area contributed by atoms with E-state index < -0.39 is 6.04 Å². The van der Waals surface area contributed by atoms with Crippen LogP contribution in [-0.2, 0) is 9.53 Å². The zero-order valence-electron chi connectivity index (χ0n) is 9.15. The highest BCUT2D eigenvalue weighted by molar-refractivity contribution is 7.99. The molecule has 1 unspecified atom stereocenters. The van der Waals surface area contributed by atoms with Gasteiger partial charge >= 0.3 is 5.97 Å². The molecule has 0 bridgehead atoms. The van der Waals surface area contributed by atoms with Gasteiger partial charge in [-0.2, -0.15) is 0 Å². The molecule has 1 aliphatic heterocycles. The third kappa shape index (κ3) is 2.36. The summed E-state index contributed by atoms with van der Waals surface area (Å²) in [4.78, 5) is 29.5. The van der Waals surface area contributed by atoms with Crippen molar-refractivity contribution in [3.8, 4) is 0 Å². The molecule has 7 nitrogen and oxygen atoms in total. The number of esters is 1. The molecule has 0 radical (unpaired) electrons. The number of thioether (sulfide) groups is 1. The van der Waals surface area contributed by atoms with Gasteiger partial charge in [0.25, 0.3) is 5.56 Å². The maximum Gasteiger partial charge on any atom is 0.329 e. The number of nitrogens with two attached hydrogens (primary N) is 1. The van der Waals surface area contributed by atoms with Crippen LogP contribution in [0.4, 0.5) is 11.6 Å². The van der Waals surface area contributed by atoms with Gasteiger partial charge in [-0.05, 0) is 6.92 Å². The van der Waals surface area contributed by atoms with Crippen molar-refractivity contribution in [1.82, 2.24) is 9.97 Å². The van der Waals surface area contributed by atoms with Crippen molar-refractivity contribution < 1.29 is 9.53 Å². The number of aromatic nitrogens is 2. The van der Waals surface area contributed by atoms with Crippen LogP contribution in [0, 0.1) is 0 Å². The Morgan fingerprint density at radius 1 is 1.71 bits per heavy atom. The maximum atomic E-state index is 11.6. The van der Waals surface area contributed by atoms with Gasteiger partial charge in [0.1, 0.15) is 16.8 Å². The van der Waals surface area contributed by atoms with E-state index in [-0.39, 0.29) is 23.2 Å². The van der Waals surface area contributed by atoms with E-state index in [2.05, 4.69) is 15.3 Å². The Hall–Kier alpha value is -1.70. The molecule has 0 aliphatic carbocycles. The summed E-state index contributed by atoms with van der Waals surface area (Å²) in [5, 5.41) is 3.33. The molecule has 1 atom stereocenters. The van der Waals surface area contributed by atoms with Crippen LogP contribution < -0.4 is 16.6 Å². The van der Waals surface area contributed by atoms with E-state index in [0.29, 0.717) is 17.4 Å². The second-order valence-corrected chi connectivity index (χ2v) is 4.40. The molecule has 0 fully saturated rings. The summed E-state index contributed by atoms with van der Waals surface area (Å²) in [5.41, 5.74) is 5.32. The molecular formula is C9H12N4O3S. The Morgan fingerprint density at radius 2 is 2.47 bits per heavy atom. The lowest BCUT2D eigenvalue weighted by atomic mass is 10.3. The quantitative estimate of drug-likeness (QED) is 0.496. The van der Waals surface area contributed by atoms with Crippen LogP contribution in [0.3, 0.4) is 0 Å². The molecule has 1 aliphatic rings. The fraction of sp³-hybridized carbons (Fsp3) is 0.444. The van der Waals surface area contributed by atoms with Crippen LogP contribution in [-0.4, -0.2) is 34.3 Å². The lowest BCUT2D eigenvalue weighted by Gasteiger charge is -2.23. The molecule has 2 rings (SSSR count). The molecule has 8 heteroatoms. The number of anilines is 2. The zero-order chi connectivity index (χ0) is 12.4. The minimum Gasteiger partial charge on any atom is -0.464 e. The standard InChI is InChI=1S/C9H12N4O3S/c1-2-16-8(15)4-3-17-7-5(11-4)6(14)12-9(10)13-7/h4,11H,2-3H2,1H3,(H3,10,12,13,14). The molecule has 0 spiro atoms. The minimum atomic E-state index is -0.529. The number of carbonyl (C=O) groups excluding carboxylic acids is 1. The maximum absolute atomic E-state index is 11.6. The SMILES string of the molecule is CCOC(=O)C1CSc2nc(N)[nH]c(=O)c2N1. The summed E-state index contributed by atoms with van der Waals surface area (Å²) in [6, 6.07) is -0.529. The molecule has 2 heterocycles. The van der Waals surface area contributed by atoms with E-state index in [1.165, 1.54) is 11.8 Å². The van der Waals surface area contributed by atoms with Crippen LogP contribution in [0.5, 0.6) is 0 Å². The molecule has 0 saturated carbocycles. The first-order chi connectivity index (χ1) is 8.11. The van der Waals surface area contributed by atoms with Gasteiger partial charge in [0.2, 0.25) is 5.95 Å². The third-order valence-corrected chi connectivity index (χ3v) is 3.25. The van der Waals surface area contributed by atoms with Crippen molar-refractivity contribution in [2.75, 3.05) is 23.4 Å². The number of hydrogen-bond acceptors (Lipinski definition) is 7. The first-order valence-corrected chi connectivity index (χ1v) is 6.06. The average Bonchev–Trinajstić information content (AvgIpc) is 2.28. The van der Waals surface area contributed by atoms with Gasteiger partial charge in [-0.25, -0.2) is 9.78 Å². The van der Waals surface area contributed by atoms with E-state index in [0.717, 1.165) is 0 Å². The van der Waals surface area contributed by atoms with E-state index in [1.807, 2.05) is 0 Å². The topological polar surface area (TPSA) is 110 Å². The Balaban J connectivity index is 2.24. The number of nitrogen functional groups attached to an aromatic ring is 1. The molecule has 1 aromatic rings. The van der Waals surface area contributed by atoms with Crippen LogP contribution >= 0.6 is 11.8 Å². The van der Waals surface area contributed by atoms with Crippen LogP contribution in [0.15, 0.2) is 9.82 Å². The van der Waals surface area contributed by atoms with Gasteiger partial charge in [-0.1, -0.05) is 0 Å². The predicted octanol–water partition coefficient (Wildman–Crippen LogP) is -0.199. The minimum absolute atomic E-state index is 0.0673. The van der Waals surface area contributed by atoms with Crippen molar-refractivity contribution in [2.45, 2.75) is 18.0 Å². The van der Waals surface area contributed by atoms with Crippen molar-refractivity contribution in [3.05, 3.63) is 10.4 Å². The van der Waals surface area contributed by atoms with Gasteiger partial charge in [-0.15, -0.1) is 11.8 Å². The smallest absolute Gasteiger partial charge is 0.329 e. The Labute approximate surface area is 101 Å². The predicted molar refractivity (Wildman–Crippen MR) is 64.0 cm³/mol. The second kappa shape index (κ2) is 4.66. The van der Waals surface area contributed by atoms with E-state index in [1.54, 1.807) is 6.92 Å². The van der Waals surface area contributed by atoms with Crippen molar-refractivity contribution in [1.29, 1.82) is 0 Å². The van der Waals surface area contributed by atoms with Gasteiger partial charge in [0, 0.05) is 5.75 Å². The fourth-order valence-corrected chi connectivity index (χ4v) is 2.45. The summed E-state index contributed by atoms with van der Waals surface area (Å²) in [6.45, 7) is 2.04. The molecule has 4 N–H and O–H groups in total. The summed E-state index contributed by atoms with van der Waals surface area (Å²) in [5.74, 6) is 0.154. The molecular weight excluding hydrogens is 244 g/mol. The van der Waals surface area contributed by atoms with Crippen molar-refractivity contribution >= 4 is 29.4 Å². The number of aromatic amines is 1. The third-order valence-electron chi connectivity index (χ3n) is 2.18. The van der Waals surface area contributed by atoms with E-state index in [4.69, 9.17) is 10.5 Å². The highest BCUT2D eigenvalue weighted by atomic mass is 32.2. The normalized spacial score (nSPS) is 18.1. The summed E-state index contributed by atoms with van der Waals surface area (Å²) < 4.78 is 4.89. The number of rotatable bonds is 2. The Morgan fingerprint density at radius 3 is 3.18 bits per heavy atom. The summed E-state index contributed by atoms with van der Waals surface area (Å²) >= 11 is 1.30. The molecule has 1 aromatic heterocycles. The highest BCUT2D eigenvalue weighted by Gasteiger charge is 2.28. The van der Waals surface area contributed by atoms with Gasteiger partial charge in [0.05, 0.1) is 6.61 Å². The monoisotopic (exact) mass is 256 g/mol. The molecule has 92 valence electrons. The molecule has 17 heavy (non-hydrogen) atoms. The number of nitrogens with zero attached hydrogens (tertiary/aromatic N) is 1. The highest BCUT2D eigenvalue weighted by Crippen LogP contribution is 2.28. The first kappa shape index (κ1) is 11.8. The number of fused-ring (bicyclic) bond motifs is 1. The number of ether oxygens (including phenoxy) is 1. The number of nitrogens with one attached hydrogen (secondary N) is 2. The van der Waals surface area contributed by atoms with Crippen LogP contribution in [0.2, 0.25) is 0 Å². The number of hydrogen-bond donors (Lipinski definition) is 3. The van der Waals surface area contributed by atoms with Crippen LogP contribution in [0.1, 0.15) is 6.92 Å². The lowest BCUT2D eigenvalue weighted by molar-refractivity contribution is -0.143.